The van der Waals surface area contributed by atoms with Crippen LogP contribution in [0.3, 0.4) is 0 Å². The Hall–Kier alpha value is -1.60. The zero-order valence-corrected chi connectivity index (χ0v) is 9.18. The van der Waals surface area contributed by atoms with E-state index < -0.39 is 10.2 Å². The van der Waals surface area contributed by atoms with Crippen LogP contribution in [0.2, 0.25) is 0 Å². The highest BCUT2D eigenvalue weighted by Gasteiger charge is 2.27. The van der Waals surface area contributed by atoms with Crippen LogP contribution in [0.4, 0.5) is 5.69 Å². The van der Waals surface area contributed by atoms with Gasteiger partial charge in [-0.2, -0.15) is 8.42 Å². The van der Waals surface area contributed by atoms with E-state index in [1.54, 1.807) is 24.3 Å². The van der Waals surface area contributed by atoms with Crippen molar-refractivity contribution >= 4 is 21.6 Å². The fourth-order valence-electron chi connectivity index (χ4n) is 1.77. The molecule has 0 radical (unpaired) electrons. The molecule has 0 aliphatic carbocycles. The van der Waals surface area contributed by atoms with Crippen molar-refractivity contribution in [3.05, 3.63) is 29.8 Å². The second kappa shape index (κ2) is 3.76. The molecule has 1 aliphatic rings. The largest absolute Gasteiger partial charge is 0.411 e. The van der Waals surface area contributed by atoms with Crippen molar-refractivity contribution < 1.29 is 13.6 Å². The smallest absolute Gasteiger partial charge is 0.299 e. The minimum atomic E-state index is -3.77. The summed E-state index contributed by atoms with van der Waals surface area (Å²) in [5, 5.41) is 17.1. The van der Waals surface area contributed by atoms with Crippen molar-refractivity contribution in [2.45, 2.75) is 6.42 Å². The van der Waals surface area contributed by atoms with E-state index in [4.69, 9.17) is 10.3 Å². The number of anilines is 1. The summed E-state index contributed by atoms with van der Waals surface area (Å²) in [5.41, 5.74) is 1.50. The molecule has 0 unspecified atom stereocenters. The van der Waals surface area contributed by atoms with Crippen molar-refractivity contribution in [1.29, 1.82) is 0 Å². The van der Waals surface area contributed by atoms with E-state index in [9.17, 15) is 8.42 Å². The molecule has 3 N–H and O–H groups in total. The van der Waals surface area contributed by atoms with Crippen molar-refractivity contribution in [2.24, 2.45) is 10.3 Å². The number of fused-ring (bicyclic) bond motifs is 1. The van der Waals surface area contributed by atoms with Crippen molar-refractivity contribution in [1.82, 2.24) is 0 Å². The number of hydrogen-bond acceptors (Lipinski definition) is 4. The molecule has 0 fully saturated rings. The summed E-state index contributed by atoms with van der Waals surface area (Å²) in [6.07, 6.45) is 0.337. The molecule has 2 rings (SSSR count). The maximum atomic E-state index is 11.3. The minimum absolute atomic E-state index is 0.190. The average Bonchev–Trinajstić information content (AvgIpc) is 2.26. The highest BCUT2D eigenvalue weighted by atomic mass is 32.2. The first kappa shape index (κ1) is 10.9. The van der Waals surface area contributed by atoms with Gasteiger partial charge in [0, 0.05) is 18.5 Å². The van der Waals surface area contributed by atoms with Crippen LogP contribution in [-0.2, 0) is 10.2 Å². The standard InChI is InChI=1S/C9H11N3O3S/c10-16(14,15)12-6-5-8(11-13)7-3-1-2-4-9(7)12/h1-4,13H,5-6H2,(H2,10,14,15)/b11-8-. The van der Waals surface area contributed by atoms with Gasteiger partial charge in [-0.05, 0) is 6.07 Å². The lowest BCUT2D eigenvalue weighted by atomic mass is 10.0. The minimum Gasteiger partial charge on any atom is -0.411 e. The number of benzene rings is 1. The molecule has 16 heavy (non-hydrogen) atoms. The van der Waals surface area contributed by atoms with Gasteiger partial charge in [-0.3, -0.25) is 4.31 Å². The third kappa shape index (κ3) is 1.74. The van der Waals surface area contributed by atoms with E-state index in [1.165, 1.54) is 0 Å². The topological polar surface area (TPSA) is 96.0 Å². The molecule has 0 saturated carbocycles. The molecule has 6 nitrogen and oxygen atoms in total. The molecule has 0 aromatic heterocycles. The van der Waals surface area contributed by atoms with Crippen LogP contribution in [0.1, 0.15) is 12.0 Å². The van der Waals surface area contributed by atoms with Crippen molar-refractivity contribution in [3.63, 3.8) is 0 Å². The Morgan fingerprint density at radius 2 is 2.06 bits per heavy atom. The summed E-state index contributed by atoms with van der Waals surface area (Å²) in [7, 11) is -3.77. The van der Waals surface area contributed by atoms with Gasteiger partial charge in [-0.1, -0.05) is 23.4 Å². The normalized spacial score (nSPS) is 18.6. The molecular formula is C9H11N3O3S. The average molecular weight is 241 g/mol. The highest BCUT2D eigenvalue weighted by molar-refractivity contribution is 7.90. The van der Waals surface area contributed by atoms with Crippen molar-refractivity contribution in [3.8, 4) is 0 Å². The maximum absolute atomic E-state index is 11.3. The van der Waals surface area contributed by atoms with Crippen LogP contribution in [0.15, 0.2) is 29.4 Å². The zero-order chi connectivity index (χ0) is 11.8. The van der Waals surface area contributed by atoms with Crippen LogP contribution in [0, 0.1) is 0 Å². The summed E-state index contributed by atoms with van der Waals surface area (Å²) in [6, 6.07) is 6.78. The lowest BCUT2D eigenvalue weighted by Crippen LogP contribution is -2.41. The van der Waals surface area contributed by atoms with E-state index in [0.717, 1.165) is 4.31 Å². The first-order valence-corrected chi connectivity index (χ1v) is 6.15. The number of para-hydroxylation sites is 1. The fraction of sp³-hybridized carbons (Fsp3) is 0.222. The number of oxime groups is 1. The highest BCUT2D eigenvalue weighted by Crippen LogP contribution is 2.28. The Kier molecular flexibility index (Phi) is 2.56. The first-order valence-electron chi connectivity index (χ1n) is 4.65. The Bertz CT molecular complexity index is 539. The van der Waals surface area contributed by atoms with Gasteiger partial charge in [-0.25, -0.2) is 5.14 Å². The molecular weight excluding hydrogens is 230 g/mol. The molecule has 1 heterocycles. The first-order chi connectivity index (χ1) is 7.54. The summed E-state index contributed by atoms with van der Waals surface area (Å²) in [6.45, 7) is 0.190. The molecule has 86 valence electrons. The van der Waals surface area contributed by atoms with E-state index >= 15 is 0 Å². The quantitative estimate of drug-likeness (QED) is 0.546. The van der Waals surface area contributed by atoms with Gasteiger partial charge in [0.15, 0.2) is 0 Å². The molecule has 1 aromatic rings. The Morgan fingerprint density at radius 3 is 2.69 bits per heavy atom. The van der Waals surface area contributed by atoms with Crippen molar-refractivity contribution in [2.75, 3.05) is 10.8 Å². The van der Waals surface area contributed by atoms with Gasteiger partial charge in [0.1, 0.15) is 0 Å². The van der Waals surface area contributed by atoms with Crippen LogP contribution >= 0.6 is 0 Å². The summed E-state index contributed by atoms with van der Waals surface area (Å²) in [4.78, 5) is 0. The number of rotatable bonds is 1. The van der Waals surface area contributed by atoms with E-state index in [0.29, 0.717) is 23.4 Å². The summed E-state index contributed by atoms with van der Waals surface area (Å²) in [5.74, 6) is 0. The fourth-order valence-corrected chi connectivity index (χ4v) is 2.55. The number of nitrogens with two attached hydrogens (primary N) is 1. The number of nitrogens with zero attached hydrogens (tertiary/aromatic N) is 2. The number of hydrogen-bond donors (Lipinski definition) is 2. The van der Waals surface area contributed by atoms with Crippen LogP contribution < -0.4 is 9.44 Å². The predicted molar refractivity (Wildman–Crippen MR) is 59.8 cm³/mol. The Labute approximate surface area is 93.2 Å². The van der Waals surface area contributed by atoms with Gasteiger partial charge in [0.25, 0.3) is 10.2 Å². The van der Waals surface area contributed by atoms with Crippen LogP contribution in [-0.4, -0.2) is 25.9 Å². The molecule has 0 spiro atoms. The van der Waals surface area contributed by atoms with E-state index in [1.807, 2.05) is 0 Å². The van der Waals surface area contributed by atoms with Gasteiger partial charge in [0.05, 0.1) is 11.4 Å². The van der Waals surface area contributed by atoms with Gasteiger partial charge >= 0.3 is 0 Å². The van der Waals surface area contributed by atoms with E-state index in [2.05, 4.69) is 5.16 Å². The molecule has 0 saturated heterocycles. The third-order valence-corrected chi connectivity index (χ3v) is 3.46. The second-order valence-corrected chi connectivity index (χ2v) is 4.90. The lowest BCUT2D eigenvalue weighted by Gasteiger charge is -2.28. The Morgan fingerprint density at radius 1 is 1.38 bits per heavy atom. The predicted octanol–water partition coefficient (Wildman–Crippen LogP) is 0.279. The van der Waals surface area contributed by atoms with Gasteiger partial charge in [0.2, 0.25) is 0 Å². The van der Waals surface area contributed by atoms with Gasteiger partial charge < -0.3 is 5.21 Å². The van der Waals surface area contributed by atoms with Crippen LogP contribution in [0.5, 0.6) is 0 Å². The Balaban J connectivity index is 2.60. The third-order valence-electron chi connectivity index (χ3n) is 2.46. The SMILES string of the molecule is NS(=O)(=O)N1CC/C(=N/O)c2ccccc21. The maximum Gasteiger partial charge on any atom is 0.299 e. The van der Waals surface area contributed by atoms with E-state index in [-0.39, 0.29) is 6.54 Å². The summed E-state index contributed by atoms with van der Waals surface area (Å²) < 4.78 is 23.8. The molecule has 0 atom stereocenters. The van der Waals surface area contributed by atoms with Crippen LogP contribution in [0.25, 0.3) is 0 Å². The van der Waals surface area contributed by atoms with Gasteiger partial charge in [-0.15, -0.1) is 0 Å². The molecule has 0 amide bonds. The zero-order valence-electron chi connectivity index (χ0n) is 8.37. The molecule has 1 aliphatic heterocycles. The molecule has 1 aromatic carbocycles. The lowest BCUT2D eigenvalue weighted by molar-refractivity contribution is 0.318. The summed E-state index contributed by atoms with van der Waals surface area (Å²) >= 11 is 0. The second-order valence-electron chi connectivity index (χ2n) is 3.43. The monoisotopic (exact) mass is 241 g/mol. The molecule has 7 heteroatoms. The molecule has 0 bridgehead atoms.